The molecule has 1 aromatic carbocycles. The van der Waals surface area contributed by atoms with Gasteiger partial charge in [-0.25, -0.2) is 9.98 Å². The van der Waals surface area contributed by atoms with E-state index >= 15 is 0 Å². The van der Waals surface area contributed by atoms with Gasteiger partial charge in [0.15, 0.2) is 0 Å². The van der Waals surface area contributed by atoms with Crippen molar-refractivity contribution in [3.05, 3.63) is 24.3 Å². The molecule has 1 saturated heterocycles. The van der Waals surface area contributed by atoms with E-state index in [1.165, 1.54) is 17.0 Å². The van der Waals surface area contributed by atoms with Gasteiger partial charge in [0.05, 0.1) is 10.2 Å². The second kappa shape index (κ2) is 3.87. The molecule has 0 aliphatic carbocycles. The summed E-state index contributed by atoms with van der Waals surface area (Å²) in [5.41, 5.74) is 1.05. The van der Waals surface area contributed by atoms with Gasteiger partial charge in [-0.15, -0.1) is 0 Å². The molecule has 1 aliphatic rings. The Balaban J connectivity index is 2.00. The van der Waals surface area contributed by atoms with Gasteiger partial charge in [-0.2, -0.15) is 0 Å². The van der Waals surface area contributed by atoms with Crippen LogP contribution in [0.25, 0.3) is 10.2 Å². The Bertz CT molecular complexity index is 511. The van der Waals surface area contributed by atoms with Crippen molar-refractivity contribution < 1.29 is 0 Å². The van der Waals surface area contributed by atoms with Gasteiger partial charge in [0.25, 0.3) is 0 Å². The topological polar surface area (TPSA) is 28.5 Å². The lowest BCUT2D eigenvalue weighted by Gasteiger charge is -2.09. The van der Waals surface area contributed by atoms with Crippen LogP contribution in [0, 0.1) is 0 Å². The Kier molecular flexibility index (Phi) is 2.36. The summed E-state index contributed by atoms with van der Waals surface area (Å²) in [6, 6.07) is 8.18. The highest BCUT2D eigenvalue weighted by atomic mass is 32.1. The van der Waals surface area contributed by atoms with Crippen LogP contribution in [0.2, 0.25) is 0 Å². The van der Waals surface area contributed by atoms with Crippen molar-refractivity contribution in [3.8, 4) is 0 Å². The number of para-hydroxylation sites is 1. The summed E-state index contributed by atoms with van der Waals surface area (Å²) < 4.78 is 1.21. The molecule has 3 rings (SSSR count). The molecule has 82 valence electrons. The number of nitrogens with zero attached hydrogens (tertiary/aromatic N) is 3. The highest BCUT2D eigenvalue weighted by Crippen LogP contribution is 2.28. The summed E-state index contributed by atoms with van der Waals surface area (Å²) in [7, 11) is 2.10. The molecule has 16 heavy (non-hydrogen) atoms. The lowest BCUT2D eigenvalue weighted by atomic mass is 10.3. The number of benzene rings is 1. The van der Waals surface area contributed by atoms with Crippen molar-refractivity contribution in [3.63, 3.8) is 0 Å². The van der Waals surface area contributed by atoms with Crippen LogP contribution >= 0.6 is 11.3 Å². The zero-order valence-electron chi connectivity index (χ0n) is 9.18. The fraction of sp³-hybridized carbons (Fsp3) is 0.333. The number of hydrogen-bond donors (Lipinski definition) is 0. The summed E-state index contributed by atoms with van der Waals surface area (Å²) in [6.07, 6.45) is 2.28. The number of rotatable bonds is 1. The number of amidine groups is 1. The minimum atomic E-state index is 0.880. The molecule has 0 amide bonds. The number of likely N-dealkylation sites (tertiary alicyclic amines) is 1. The van der Waals surface area contributed by atoms with Gasteiger partial charge in [-0.05, 0) is 18.6 Å². The zero-order chi connectivity index (χ0) is 11.0. The van der Waals surface area contributed by atoms with E-state index in [-0.39, 0.29) is 0 Å². The van der Waals surface area contributed by atoms with Gasteiger partial charge in [0.2, 0.25) is 5.13 Å². The molecule has 0 N–H and O–H groups in total. The molecule has 4 heteroatoms. The molecule has 1 aromatic heterocycles. The maximum absolute atomic E-state index is 4.63. The summed E-state index contributed by atoms with van der Waals surface area (Å²) >= 11 is 1.66. The van der Waals surface area contributed by atoms with E-state index in [0.717, 1.165) is 23.6 Å². The van der Waals surface area contributed by atoms with Gasteiger partial charge < -0.3 is 4.90 Å². The first-order chi connectivity index (χ1) is 7.83. The predicted octanol–water partition coefficient (Wildman–Crippen LogP) is 3.05. The van der Waals surface area contributed by atoms with Gasteiger partial charge in [0, 0.05) is 20.0 Å². The summed E-state index contributed by atoms with van der Waals surface area (Å²) in [6.45, 7) is 1.11. The lowest BCUT2D eigenvalue weighted by Crippen LogP contribution is -2.18. The highest BCUT2D eigenvalue weighted by molar-refractivity contribution is 7.22. The average Bonchev–Trinajstić information content (AvgIpc) is 2.85. The second-order valence-corrected chi connectivity index (χ2v) is 5.03. The van der Waals surface area contributed by atoms with Crippen LogP contribution in [0.4, 0.5) is 5.13 Å². The summed E-state index contributed by atoms with van der Waals surface area (Å²) in [5, 5.41) is 0.880. The van der Waals surface area contributed by atoms with Crippen molar-refractivity contribution in [2.24, 2.45) is 4.99 Å². The third kappa shape index (κ3) is 1.69. The first-order valence-electron chi connectivity index (χ1n) is 5.47. The first kappa shape index (κ1) is 9.78. The van der Waals surface area contributed by atoms with Gasteiger partial charge in [-0.1, -0.05) is 23.5 Å². The number of hydrogen-bond acceptors (Lipinski definition) is 3. The molecule has 1 aliphatic heterocycles. The normalized spacial score (nSPS) is 18.8. The van der Waals surface area contributed by atoms with Crippen molar-refractivity contribution in [1.82, 2.24) is 9.88 Å². The minimum absolute atomic E-state index is 0.880. The van der Waals surface area contributed by atoms with Crippen molar-refractivity contribution in [1.29, 1.82) is 0 Å². The molecule has 1 fully saturated rings. The summed E-state index contributed by atoms with van der Waals surface area (Å²) in [5.74, 6) is 1.17. The number of aromatic nitrogens is 1. The molecule has 0 bridgehead atoms. The van der Waals surface area contributed by atoms with Crippen LogP contribution in [0.15, 0.2) is 29.3 Å². The monoisotopic (exact) mass is 231 g/mol. The van der Waals surface area contributed by atoms with E-state index in [1.807, 2.05) is 18.2 Å². The third-order valence-corrected chi connectivity index (χ3v) is 3.77. The lowest BCUT2D eigenvalue weighted by molar-refractivity contribution is 0.550. The number of thiazole rings is 1. The Labute approximate surface area is 98.4 Å². The van der Waals surface area contributed by atoms with Crippen LogP contribution in [0.3, 0.4) is 0 Å². The molecule has 0 spiro atoms. The van der Waals surface area contributed by atoms with Crippen LogP contribution in [0.1, 0.15) is 12.8 Å². The van der Waals surface area contributed by atoms with Crippen LogP contribution in [0.5, 0.6) is 0 Å². The predicted molar refractivity (Wildman–Crippen MR) is 68.6 cm³/mol. The second-order valence-electron chi connectivity index (χ2n) is 4.02. The van der Waals surface area contributed by atoms with E-state index in [1.54, 1.807) is 11.3 Å². The molecule has 0 atom stereocenters. The molecule has 0 radical (unpaired) electrons. The third-order valence-electron chi connectivity index (χ3n) is 2.84. The standard InChI is InChI=1S/C12H13N3S/c1-15-8-4-7-11(15)14-12-13-9-5-2-3-6-10(9)16-12/h2-3,5-6H,4,7-8H2,1H3/b14-11-. The van der Waals surface area contributed by atoms with E-state index in [4.69, 9.17) is 0 Å². The smallest absolute Gasteiger partial charge is 0.211 e. The van der Waals surface area contributed by atoms with Gasteiger partial charge >= 0.3 is 0 Å². The first-order valence-corrected chi connectivity index (χ1v) is 6.29. The fourth-order valence-electron chi connectivity index (χ4n) is 1.95. The summed E-state index contributed by atoms with van der Waals surface area (Å²) in [4.78, 5) is 11.4. The Hall–Kier alpha value is -1.42. The van der Waals surface area contributed by atoms with Crippen LogP contribution in [-0.4, -0.2) is 29.3 Å². The highest BCUT2D eigenvalue weighted by Gasteiger charge is 2.14. The Morgan fingerprint density at radius 1 is 1.38 bits per heavy atom. The molecule has 0 saturated carbocycles. The molecule has 2 aromatic rings. The van der Waals surface area contributed by atoms with Crippen molar-refractivity contribution in [2.75, 3.05) is 13.6 Å². The molecular formula is C12H13N3S. The van der Waals surface area contributed by atoms with Crippen molar-refractivity contribution in [2.45, 2.75) is 12.8 Å². The SMILES string of the molecule is CN1CCC/C1=N/c1nc2ccccc2s1. The Morgan fingerprint density at radius 2 is 2.25 bits per heavy atom. The van der Waals surface area contributed by atoms with E-state index < -0.39 is 0 Å². The quantitative estimate of drug-likeness (QED) is 0.754. The Morgan fingerprint density at radius 3 is 3.00 bits per heavy atom. The number of fused-ring (bicyclic) bond motifs is 1. The van der Waals surface area contributed by atoms with Crippen LogP contribution < -0.4 is 0 Å². The maximum Gasteiger partial charge on any atom is 0.211 e. The van der Waals surface area contributed by atoms with Crippen LogP contribution in [-0.2, 0) is 0 Å². The maximum atomic E-state index is 4.63. The molecule has 2 heterocycles. The zero-order valence-corrected chi connectivity index (χ0v) is 10.00. The van der Waals surface area contributed by atoms with E-state index in [0.29, 0.717) is 0 Å². The molecular weight excluding hydrogens is 218 g/mol. The number of aliphatic imine (C=N–C) groups is 1. The van der Waals surface area contributed by atoms with E-state index in [9.17, 15) is 0 Å². The fourth-order valence-corrected chi connectivity index (χ4v) is 2.81. The average molecular weight is 231 g/mol. The van der Waals surface area contributed by atoms with Gasteiger partial charge in [-0.3, -0.25) is 0 Å². The largest absolute Gasteiger partial charge is 0.363 e. The van der Waals surface area contributed by atoms with Gasteiger partial charge in [0.1, 0.15) is 5.84 Å². The molecule has 3 nitrogen and oxygen atoms in total. The molecule has 0 unspecified atom stereocenters. The minimum Gasteiger partial charge on any atom is -0.363 e. The van der Waals surface area contributed by atoms with E-state index in [2.05, 4.69) is 28.0 Å². The van der Waals surface area contributed by atoms with Crippen molar-refractivity contribution >= 4 is 32.5 Å².